The van der Waals surface area contributed by atoms with Gasteiger partial charge in [0.25, 0.3) is 0 Å². The summed E-state index contributed by atoms with van der Waals surface area (Å²) >= 11 is 0. The van der Waals surface area contributed by atoms with Crippen LogP contribution in [0.15, 0.2) is 67.0 Å². The quantitative estimate of drug-likeness (QED) is 0.692. The predicted octanol–water partition coefficient (Wildman–Crippen LogP) is 4.43. The monoisotopic (exact) mass is 345 g/mol. The first-order chi connectivity index (χ1) is 12.9. The molecule has 2 aromatic carbocycles. The van der Waals surface area contributed by atoms with Crippen molar-refractivity contribution in [3.05, 3.63) is 72.6 Å². The highest BCUT2D eigenvalue weighted by molar-refractivity contribution is 5.62. The molecular formula is C21H23N5. The minimum Gasteiger partial charge on any atom is -0.372 e. The van der Waals surface area contributed by atoms with Crippen LogP contribution in [-0.2, 0) is 6.54 Å². The van der Waals surface area contributed by atoms with Gasteiger partial charge in [-0.15, -0.1) is 0 Å². The smallest absolute Gasteiger partial charge is 0.135 e. The van der Waals surface area contributed by atoms with Gasteiger partial charge in [-0.05, 0) is 42.7 Å². The highest BCUT2D eigenvalue weighted by atomic mass is 15.1. The number of benzene rings is 2. The maximum absolute atomic E-state index is 4.32. The molecule has 0 amide bonds. The zero-order chi connectivity index (χ0) is 17.6. The molecule has 1 aromatic heterocycles. The van der Waals surface area contributed by atoms with E-state index in [0.29, 0.717) is 0 Å². The van der Waals surface area contributed by atoms with Gasteiger partial charge < -0.3 is 15.5 Å². The zero-order valence-electron chi connectivity index (χ0n) is 14.7. The minimum absolute atomic E-state index is 0.738. The van der Waals surface area contributed by atoms with Gasteiger partial charge in [0, 0.05) is 37.1 Å². The Bertz CT molecular complexity index is 827. The Morgan fingerprint density at radius 2 is 1.58 bits per heavy atom. The Labute approximate surface area is 154 Å². The number of nitrogens with zero attached hydrogens (tertiary/aromatic N) is 3. The van der Waals surface area contributed by atoms with E-state index in [-0.39, 0.29) is 0 Å². The highest BCUT2D eigenvalue weighted by Gasteiger charge is 2.11. The zero-order valence-corrected chi connectivity index (χ0v) is 14.7. The van der Waals surface area contributed by atoms with Gasteiger partial charge in [-0.3, -0.25) is 0 Å². The van der Waals surface area contributed by atoms with Gasteiger partial charge in [0.2, 0.25) is 0 Å². The summed E-state index contributed by atoms with van der Waals surface area (Å²) in [5.74, 6) is 1.59. The Balaban J connectivity index is 1.38. The molecule has 5 heteroatoms. The van der Waals surface area contributed by atoms with Crippen LogP contribution >= 0.6 is 0 Å². The lowest BCUT2D eigenvalue weighted by Gasteiger charge is -2.18. The number of rotatable bonds is 6. The van der Waals surface area contributed by atoms with E-state index in [2.05, 4.69) is 61.9 Å². The van der Waals surface area contributed by atoms with Crippen molar-refractivity contribution in [2.24, 2.45) is 0 Å². The fraction of sp³-hybridized carbons (Fsp3) is 0.238. The molecule has 0 atom stereocenters. The van der Waals surface area contributed by atoms with E-state index in [4.69, 9.17) is 0 Å². The normalized spacial score (nSPS) is 13.6. The van der Waals surface area contributed by atoms with Crippen LogP contribution in [0.4, 0.5) is 23.0 Å². The molecule has 1 fully saturated rings. The molecule has 1 aliphatic rings. The Morgan fingerprint density at radius 1 is 0.846 bits per heavy atom. The molecule has 0 bridgehead atoms. The first-order valence-corrected chi connectivity index (χ1v) is 9.09. The van der Waals surface area contributed by atoms with Gasteiger partial charge in [0.1, 0.15) is 18.0 Å². The van der Waals surface area contributed by atoms with Gasteiger partial charge >= 0.3 is 0 Å². The molecule has 5 nitrogen and oxygen atoms in total. The van der Waals surface area contributed by atoms with Gasteiger partial charge in [-0.2, -0.15) is 0 Å². The molecule has 26 heavy (non-hydrogen) atoms. The van der Waals surface area contributed by atoms with E-state index in [1.807, 2.05) is 24.3 Å². The number of hydrogen-bond donors (Lipinski definition) is 2. The van der Waals surface area contributed by atoms with Gasteiger partial charge in [0.15, 0.2) is 0 Å². The van der Waals surface area contributed by atoms with E-state index >= 15 is 0 Å². The second-order valence-electron chi connectivity index (χ2n) is 6.49. The fourth-order valence-corrected chi connectivity index (χ4v) is 3.19. The van der Waals surface area contributed by atoms with E-state index in [9.17, 15) is 0 Å². The first-order valence-electron chi connectivity index (χ1n) is 9.09. The Hall–Kier alpha value is -3.08. The van der Waals surface area contributed by atoms with Crippen LogP contribution in [0.2, 0.25) is 0 Å². The number of aromatic nitrogens is 2. The van der Waals surface area contributed by atoms with Gasteiger partial charge in [0.05, 0.1) is 0 Å². The van der Waals surface area contributed by atoms with Crippen molar-refractivity contribution in [2.75, 3.05) is 28.6 Å². The topological polar surface area (TPSA) is 53.1 Å². The van der Waals surface area contributed by atoms with E-state index in [1.54, 1.807) is 6.33 Å². The number of nitrogens with one attached hydrogen (secondary N) is 2. The largest absolute Gasteiger partial charge is 0.372 e. The summed E-state index contributed by atoms with van der Waals surface area (Å²) in [6.45, 7) is 3.06. The average molecular weight is 345 g/mol. The van der Waals surface area contributed by atoms with Crippen molar-refractivity contribution < 1.29 is 0 Å². The van der Waals surface area contributed by atoms with Crippen LogP contribution in [0.3, 0.4) is 0 Å². The van der Waals surface area contributed by atoms with Crippen LogP contribution in [0.25, 0.3) is 0 Å². The molecule has 1 saturated heterocycles. The molecule has 2 heterocycles. The maximum Gasteiger partial charge on any atom is 0.135 e. The Morgan fingerprint density at radius 3 is 2.35 bits per heavy atom. The van der Waals surface area contributed by atoms with Crippen molar-refractivity contribution >= 4 is 23.0 Å². The summed E-state index contributed by atoms with van der Waals surface area (Å²) in [4.78, 5) is 11.0. The van der Waals surface area contributed by atoms with Crippen molar-refractivity contribution in [1.82, 2.24) is 9.97 Å². The molecular weight excluding hydrogens is 322 g/mol. The van der Waals surface area contributed by atoms with Crippen molar-refractivity contribution in [2.45, 2.75) is 19.4 Å². The summed E-state index contributed by atoms with van der Waals surface area (Å²) in [7, 11) is 0. The van der Waals surface area contributed by atoms with E-state index in [1.165, 1.54) is 24.1 Å². The number of anilines is 4. The molecule has 0 spiro atoms. The molecule has 4 rings (SSSR count). The molecule has 1 aliphatic heterocycles. The SMILES string of the molecule is c1ccc(CNc2cc(Nc3ccc(N4CCCC4)cc3)ncn2)cc1. The van der Waals surface area contributed by atoms with E-state index < -0.39 is 0 Å². The second-order valence-corrected chi connectivity index (χ2v) is 6.49. The predicted molar refractivity (Wildman–Crippen MR) is 107 cm³/mol. The van der Waals surface area contributed by atoms with Gasteiger partial charge in [-0.1, -0.05) is 30.3 Å². The standard InChI is InChI=1S/C21H23N5/c1-2-6-17(7-3-1)15-22-20-14-21(24-16-23-20)25-18-8-10-19(11-9-18)26-12-4-5-13-26/h1-3,6-11,14,16H,4-5,12-13,15H2,(H2,22,23,24,25). The van der Waals surface area contributed by atoms with Crippen molar-refractivity contribution in [1.29, 1.82) is 0 Å². The summed E-state index contributed by atoms with van der Waals surface area (Å²) < 4.78 is 0. The van der Waals surface area contributed by atoms with Crippen LogP contribution in [0.5, 0.6) is 0 Å². The van der Waals surface area contributed by atoms with Gasteiger partial charge in [-0.25, -0.2) is 9.97 Å². The van der Waals surface area contributed by atoms with Crippen LogP contribution < -0.4 is 15.5 Å². The van der Waals surface area contributed by atoms with Crippen molar-refractivity contribution in [3.8, 4) is 0 Å². The third-order valence-electron chi connectivity index (χ3n) is 4.59. The molecule has 3 aromatic rings. The summed E-state index contributed by atoms with van der Waals surface area (Å²) in [6, 6.07) is 20.8. The second kappa shape index (κ2) is 7.87. The first kappa shape index (κ1) is 16.4. The lowest BCUT2D eigenvalue weighted by molar-refractivity contribution is 0.949. The lowest BCUT2D eigenvalue weighted by Crippen LogP contribution is -2.17. The van der Waals surface area contributed by atoms with Crippen LogP contribution in [-0.4, -0.2) is 23.1 Å². The molecule has 2 N–H and O–H groups in total. The summed E-state index contributed by atoms with van der Waals surface area (Å²) in [6.07, 6.45) is 4.16. The molecule has 0 radical (unpaired) electrons. The van der Waals surface area contributed by atoms with Crippen LogP contribution in [0, 0.1) is 0 Å². The molecule has 0 saturated carbocycles. The fourth-order valence-electron chi connectivity index (χ4n) is 3.19. The lowest BCUT2D eigenvalue weighted by atomic mass is 10.2. The maximum atomic E-state index is 4.32. The van der Waals surface area contributed by atoms with Crippen molar-refractivity contribution in [3.63, 3.8) is 0 Å². The minimum atomic E-state index is 0.738. The molecule has 132 valence electrons. The molecule has 0 unspecified atom stereocenters. The third-order valence-corrected chi connectivity index (χ3v) is 4.59. The Kier molecular flexibility index (Phi) is 4.96. The van der Waals surface area contributed by atoms with E-state index in [0.717, 1.165) is 37.0 Å². The third kappa shape index (κ3) is 4.11. The summed E-state index contributed by atoms with van der Waals surface area (Å²) in [5.41, 5.74) is 3.54. The number of hydrogen-bond acceptors (Lipinski definition) is 5. The highest BCUT2D eigenvalue weighted by Crippen LogP contribution is 2.23. The summed E-state index contributed by atoms with van der Waals surface area (Å²) in [5, 5.41) is 6.69. The average Bonchev–Trinajstić information content (AvgIpc) is 3.23. The molecule has 0 aliphatic carbocycles. The van der Waals surface area contributed by atoms with Crippen LogP contribution in [0.1, 0.15) is 18.4 Å².